The van der Waals surface area contributed by atoms with E-state index in [-0.39, 0.29) is 0 Å². The minimum absolute atomic E-state index is 0.702. The summed E-state index contributed by atoms with van der Waals surface area (Å²) >= 11 is 0. The van der Waals surface area contributed by atoms with Gasteiger partial charge in [0.05, 0.1) is 12.7 Å². The summed E-state index contributed by atoms with van der Waals surface area (Å²) in [6, 6.07) is 0.702. The number of aromatic nitrogens is 2. The predicted molar refractivity (Wildman–Crippen MR) is 65.5 cm³/mol. The molecule has 1 saturated heterocycles. The monoisotopic (exact) mass is 222 g/mol. The van der Waals surface area contributed by atoms with E-state index in [9.17, 15) is 0 Å². The van der Waals surface area contributed by atoms with E-state index in [2.05, 4.69) is 35.5 Å². The highest BCUT2D eigenvalue weighted by Gasteiger charge is 2.15. The zero-order valence-corrected chi connectivity index (χ0v) is 10.3. The van der Waals surface area contributed by atoms with Crippen molar-refractivity contribution >= 4 is 0 Å². The van der Waals surface area contributed by atoms with E-state index in [1.807, 2.05) is 10.9 Å². The summed E-state index contributed by atoms with van der Waals surface area (Å²) in [5, 5.41) is 7.89. The van der Waals surface area contributed by atoms with E-state index >= 15 is 0 Å². The molecule has 0 unspecified atom stereocenters. The third-order valence-electron chi connectivity index (χ3n) is 3.25. The maximum absolute atomic E-state index is 4.28. The second-order valence-corrected chi connectivity index (χ2v) is 4.81. The lowest BCUT2D eigenvalue weighted by Crippen LogP contribution is -2.41. The third-order valence-corrected chi connectivity index (χ3v) is 3.25. The molecule has 2 rings (SSSR count). The Morgan fingerprint density at radius 3 is 2.81 bits per heavy atom. The molecule has 90 valence electrons. The number of rotatable bonds is 4. The van der Waals surface area contributed by atoms with Crippen LogP contribution in [0.5, 0.6) is 0 Å². The van der Waals surface area contributed by atoms with Crippen molar-refractivity contribution in [2.75, 3.05) is 26.7 Å². The molecule has 0 radical (unpaired) electrons. The number of aryl methyl sites for hydroxylation is 1. The second-order valence-electron chi connectivity index (χ2n) is 4.81. The smallest absolute Gasteiger partial charge is 0.0534 e. The summed E-state index contributed by atoms with van der Waals surface area (Å²) in [5.41, 5.74) is 1.24. The van der Waals surface area contributed by atoms with Gasteiger partial charge in [0.1, 0.15) is 0 Å². The van der Waals surface area contributed by atoms with Crippen LogP contribution >= 0.6 is 0 Å². The first-order chi connectivity index (χ1) is 7.74. The summed E-state index contributed by atoms with van der Waals surface area (Å²) in [7, 11) is 2.20. The molecule has 16 heavy (non-hydrogen) atoms. The lowest BCUT2D eigenvalue weighted by molar-refractivity contribution is 0.233. The molecule has 0 aliphatic carbocycles. The van der Waals surface area contributed by atoms with Gasteiger partial charge in [-0.1, -0.05) is 0 Å². The molecule has 0 bridgehead atoms. The average Bonchev–Trinajstić information content (AvgIpc) is 2.67. The molecular weight excluding hydrogens is 200 g/mol. The van der Waals surface area contributed by atoms with Crippen molar-refractivity contribution in [1.29, 1.82) is 0 Å². The van der Waals surface area contributed by atoms with E-state index < -0.39 is 0 Å². The lowest BCUT2D eigenvalue weighted by Gasteiger charge is -2.29. The van der Waals surface area contributed by atoms with Crippen LogP contribution in [0.3, 0.4) is 0 Å². The normalized spacial score (nSPS) is 19.1. The van der Waals surface area contributed by atoms with Crippen molar-refractivity contribution in [3.05, 3.63) is 18.0 Å². The van der Waals surface area contributed by atoms with Crippen LogP contribution < -0.4 is 5.32 Å². The molecule has 1 aromatic heterocycles. The fraction of sp³-hybridized carbons (Fsp3) is 0.750. The van der Waals surface area contributed by atoms with Gasteiger partial charge in [-0.3, -0.25) is 4.68 Å². The fourth-order valence-electron chi connectivity index (χ4n) is 2.19. The van der Waals surface area contributed by atoms with Gasteiger partial charge in [0.2, 0.25) is 0 Å². The van der Waals surface area contributed by atoms with Gasteiger partial charge < -0.3 is 10.2 Å². The highest BCUT2D eigenvalue weighted by Crippen LogP contribution is 2.07. The Morgan fingerprint density at radius 1 is 1.44 bits per heavy atom. The molecule has 0 atom stereocenters. The molecule has 0 amide bonds. The topological polar surface area (TPSA) is 33.1 Å². The van der Waals surface area contributed by atoms with Gasteiger partial charge >= 0.3 is 0 Å². The van der Waals surface area contributed by atoms with Gasteiger partial charge in [-0.15, -0.1) is 0 Å². The molecule has 1 N–H and O–H groups in total. The zero-order valence-electron chi connectivity index (χ0n) is 10.3. The molecule has 0 spiro atoms. The van der Waals surface area contributed by atoms with Gasteiger partial charge in [0.15, 0.2) is 0 Å². The Balaban J connectivity index is 1.64. The Morgan fingerprint density at radius 2 is 2.19 bits per heavy atom. The largest absolute Gasteiger partial charge is 0.312 e. The van der Waals surface area contributed by atoms with Crippen molar-refractivity contribution in [1.82, 2.24) is 20.0 Å². The Hall–Kier alpha value is -0.870. The lowest BCUT2D eigenvalue weighted by atomic mass is 10.1. The first kappa shape index (κ1) is 11.6. The number of nitrogens with one attached hydrogen (secondary N) is 1. The van der Waals surface area contributed by atoms with Crippen LogP contribution in [0, 0.1) is 6.92 Å². The first-order valence-corrected chi connectivity index (χ1v) is 6.15. The molecule has 1 aliphatic rings. The van der Waals surface area contributed by atoms with Crippen LogP contribution in [0.2, 0.25) is 0 Å². The van der Waals surface area contributed by atoms with E-state index in [1.54, 1.807) is 0 Å². The molecule has 1 aromatic rings. The van der Waals surface area contributed by atoms with Gasteiger partial charge in [-0.25, -0.2) is 0 Å². The summed E-state index contributed by atoms with van der Waals surface area (Å²) in [5.74, 6) is 0. The molecule has 1 aliphatic heterocycles. The summed E-state index contributed by atoms with van der Waals surface area (Å²) in [4.78, 5) is 2.40. The van der Waals surface area contributed by atoms with Crippen molar-refractivity contribution in [3.63, 3.8) is 0 Å². The van der Waals surface area contributed by atoms with Crippen molar-refractivity contribution in [2.24, 2.45) is 0 Å². The second kappa shape index (κ2) is 5.46. The van der Waals surface area contributed by atoms with Crippen LogP contribution in [0.15, 0.2) is 12.4 Å². The SMILES string of the molecule is Cc1cnn(CCNC2CCN(C)CC2)c1. The van der Waals surface area contributed by atoms with Crippen molar-refractivity contribution in [3.8, 4) is 0 Å². The number of hydrogen-bond donors (Lipinski definition) is 1. The number of likely N-dealkylation sites (tertiary alicyclic amines) is 1. The van der Waals surface area contributed by atoms with Gasteiger partial charge in [0, 0.05) is 18.8 Å². The van der Waals surface area contributed by atoms with Gasteiger partial charge in [-0.2, -0.15) is 5.10 Å². The Bertz CT molecular complexity index is 313. The number of hydrogen-bond acceptors (Lipinski definition) is 3. The third kappa shape index (κ3) is 3.32. The molecule has 2 heterocycles. The summed E-state index contributed by atoms with van der Waals surface area (Å²) < 4.78 is 2.01. The van der Waals surface area contributed by atoms with Gasteiger partial charge in [-0.05, 0) is 45.5 Å². The standard InChI is InChI=1S/C12H22N4/c1-11-9-14-16(10-11)8-5-13-12-3-6-15(2)7-4-12/h9-10,12-13H,3-8H2,1-2H3. The molecule has 4 nitrogen and oxygen atoms in total. The number of nitrogens with zero attached hydrogens (tertiary/aromatic N) is 3. The van der Waals surface area contributed by atoms with Crippen LogP contribution in [-0.2, 0) is 6.54 Å². The predicted octanol–water partition coefficient (Wildman–Crippen LogP) is 0.875. The summed E-state index contributed by atoms with van der Waals surface area (Å²) in [6.45, 7) is 6.51. The van der Waals surface area contributed by atoms with Crippen molar-refractivity contribution in [2.45, 2.75) is 32.4 Å². The minimum atomic E-state index is 0.702. The highest BCUT2D eigenvalue weighted by atomic mass is 15.3. The van der Waals surface area contributed by atoms with E-state index in [4.69, 9.17) is 0 Å². The van der Waals surface area contributed by atoms with E-state index in [1.165, 1.54) is 31.5 Å². The quantitative estimate of drug-likeness (QED) is 0.821. The molecule has 4 heteroatoms. The highest BCUT2D eigenvalue weighted by molar-refractivity contribution is 4.99. The van der Waals surface area contributed by atoms with E-state index in [0.29, 0.717) is 6.04 Å². The molecule has 0 saturated carbocycles. The van der Waals surface area contributed by atoms with Crippen LogP contribution in [0.4, 0.5) is 0 Å². The zero-order chi connectivity index (χ0) is 11.4. The molecule has 1 fully saturated rings. The first-order valence-electron chi connectivity index (χ1n) is 6.15. The van der Waals surface area contributed by atoms with E-state index in [0.717, 1.165) is 13.1 Å². The van der Waals surface area contributed by atoms with Crippen LogP contribution in [0.1, 0.15) is 18.4 Å². The molecule has 0 aromatic carbocycles. The summed E-state index contributed by atoms with van der Waals surface area (Å²) in [6.07, 6.45) is 6.55. The minimum Gasteiger partial charge on any atom is -0.312 e. The maximum atomic E-state index is 4.28. The number of piperidine rings is 1. The van der Waals surface area contributed by atoms with Crippen LogP contribution in [-0.4, -0.2) is 47.4 Å². The molecular formula is C12H22N4. The van der Waals surface area contributed by atoms with Crippen LogP contribution in [0.25, 0.3) is 0 Å². The van der Waals surface area contributed by atoms with Crippen molar-refractivity contribution < 1.29 is 0 Å². The average molecular weight is 222 g/mol. The fourth-order valence-corrected chi connectivity index (χ4v) is 2.19. The van der Waals surface area contributed by atoms with Gasteiger partial charge in [0.25, 0.3) is 0 Å². The Labute approximate surface area is 97.6 Å². The Kier molecular flexibility index (Phi) is 3.96. The maximum Gasteiger partial charge on any atom is 0.0534 e.